The molecule has 0 heterocycles. The molecule has 1 heteroatoms. The van der Waals surface area contributed by atoms with Crippen LogP contribution in [-0.4, -0.2) is 5.33 Å². The molecule has 0 radical (unpaired) electrons. The first-order valence-electron chi connectivity index (χ1n) is 4.30. The summed E-state index contributed by atoms with van der Waals surface area (Å²) in [5.74, 6) is 0. The Bertz CT molecular complexity index is 256. The van der Waals surface area contributed by atoms with E-state index in [-0.39, 0.29) is 0 Å². The molecule has 0 N–H and O–H groups in total. The monoisotopic (exact) mass is 250 g/mol. The zero-order chi connectivity index (χ0) is 10.8. The quantitative estimate of drug-likeness (QED) is 0.546. The van der Waals surface area contributed by atoms with Crippen molar-refractivity contribution in [1.82, 2.24) is 0 Å². The van der Waals surface area contributed by atoms with Crippen molar-refractivity contribution in [3.63, 3.8) is 0 Å². The highest BCUT2D eigenvalue weighted by atomic mass is 79.9. The van der Waals surface area contributed by atoms with Crippen molar-refractivity contribution in [2.45, 2.75) is 0 Å². The topological polar surface area (TPSA) is 0 Å². The molecule has 0 amide bonds. The van der Waals surface area contributed by atoms with E-state index in [1.54, 1.807) is 6.08 Å². The van der Waals surface area contributed by atoms with Crippen molar-refractivity contribution in [2.75, 3.05) is 5.33 Å². The summed E-state index contributed by atoms with van der Waals surface area (Å²) in [4.78, 5) is 0. The molecule has 0 saturated heterocycles. The van der Waals surface area contributed by atoms with Crippen LogP contribution in [0, 0.1) is 0 Å². The fraction of sp³-hybridized carbons (Fsp3) is 0.0769. The summed E-state index contributed by atoms with van der Waals surface area (Å²) in [5.41, 5.74) is 2.29. The Morgan fingerprint density at radius 3 is 1.36 bits per heavy atom. The lowest BCUT2D eigenvalue weighted by Crippen LogP contribution is -1.71. The largest absolute Gasteiger partial charge is 0.102 e. The number of hydrogen-bond acceptors (Lipinski definition) is 0. The lowest BCUT2D eigenvalue weighted by atomic mass is 10.1. The van der Waals surface area contributed by atoms with Crippen LogP contribution in [0.1, 0.15) is 11.1 Å². The van der Waals surface area contributed by atoms with Crippen LogP contribution in [-0.2, 0) is 0 Å². The van der Waals surface area contributed by atoms with Crippen LogP contribution in [0.3, 0.4) is 0 Å². The molecule has 0 aliphatic rings. The summed E-state index contributed by atoms with van der Waals surface area (Å²) >= 11 is 3.13. The number of benzene rings is 1. The van der Waals surface area contributed by atoms with Gasteiger partial charge in [-0.2, -0.15) is 0 Å². The van der Waals surface area contributed by atoms with Gasteiger partial charge >= 0.3 is 0 Å². The second-order valence-corrected chi connectivity index (χ2v) is 3.17. The lowest BCUT2D eigenvalue weighted by Gasteiger charge is -1.92. The zero-order valence-corrected chi connectivity index (χ0v) is 9.83. The second kappa shape index (κ2) is 8.52. The number of hydrogen-bond donors (Lipinski definition) is 0. The van der Waals surface area contributed by atoms with Gasteiger partial charge in [0.2, 0.25) is 0 Å². The highest BCUT2D eigenvalue weighted by Crippen LogP contribution is 2.05. The van der Waals surface area contributed by atoms with Crippen LogP contribution in [0.2, 0.25) is 0 Å². The molecule has 1 aromatic carbocycles. The molecule has 0 spiro atoms. The van der Waals surface area contributed by atoms with Crippen LogP contribution in [0.4, 0.5) is 0 Å². The van der Waals surface area contributed by atoms with Crippen LogP contribution in [0.5, 0.6) is 0 Å². The first kappa shape index (κ1) is 12.9. The first-order valence-corrected chi connectivity index (χ1v) is 5.42. The highest BCUT2D eigenvalue weighted by Gasteiger charge is 1.84. The fourth-order valence-corrected chi connectivity index (χ4v) is 0.768. The molecule has 0 fully saturated rings. The predicted octanol–water partition coefficient (Wildman–Crippen LogP) is 4.54. The third-order valence-corrected chi connectivity index (χ3v) is 1.97. The van der Waals surface area contributed by atoms with Gasteiger partial charge in [0.15, 0.2) is 0 Å². The smallest absolute Gasteiger partial charge is 0.0209 e. The minimum atomic E-state index is 0.896. The van der Waals surface area contributed by atoms with Gasteiger partial charge in [-0.15, -0.1) is 6.58 Å². The number of rotatable bonds is 3. The summed E-state index contributed by atoms with van der Waals surface area (Å²) in [6, 6.07) is 8.07. The maximum absolute atomic E-state index is 3.66. The Labute approximate surface area is 94.8 Å². The number of halogens is 1. The van der Waals surface area contributed by atoms with Gasteiger partial charge in [-0.25, -0.2) is 0 Å². The Morgan fingerprint density at radius 1 is 0.929 bits per heavy atom. The summed E-state index contributed by atoms with van der Waals surface area (Å²) in [5, 5.41) is 0.896. The van der Waals surface area contributed by atoms with Crippen LogP contribution in [0.25, 0.3) is 12.2 Å². The Balaban J connectivity index is 0.000000364. The molecule has 0 bridgehead atoms. The van der Waals surface area contributed by atoms with E-state index >= 15 is 0 Å². The summed E-state index contributed by atoms with van der Waals surface area (Å²) in [6.45, 7) is 10.8. The fourth-order valence-electron chi connectivity index (χ4n) is 0.768. The third kappa shape index (κ3) is 5.55. The second-order valence-electron chi connectivity index (χ2n) is 2.52. The van der Waals surface area contributed by atoms with E-state index in [1.165, 1.54) is 0 Å². The molecule has 14 heavy (non-hydrogen) atoms. The van der Waals surface area contributed by atoms with E-state index in [4.69, 9.17) is 0 Å². The van der Waals surface area contributed by atoms with Crippen LogP contribution >= 0.6 is 15.9 Å². The highest BCUT2D eigenvalue weighted by molar-refractivity contribution is 9.09. The van der Waals surface area contributed by atoms with Crippen LogP contribution in [0.15, 0.2) is 50.1 Å². The lowest BCUT2D eigenvalue weighted by molar-refractivity contribution is 1.63. The van der Waals surface area contributed by atoms with E-state index < -0.39 is 0 Å². The number of allylic oxidation sites excluding steroid dienone is 1. The molecular weight excluding hydrogens is 236 g/mol. The molecule has 1 rings (SSSR count). The van der Waals surface area contributed by atoms with Gasteiger partial charge in [-0.3, -0.25) is 0 Å². The standard InChI is InChI=1S/C10H10.C3H5Br/c1-3-9-5-7-10(4-2)8-6-9;1-2-3-4/h3-8H,1-2H2;2H,1,3H2. The van der Waals surface area contributed by atoms with E-state index in [2.05, 4.69) is 35.7 Å². The molecule has 0 aliphatic heterocycles. The maximum Gasteiger partial charge on any atom is 0.0209 e. The normalized spacial score (nSPS) is 8.07. The first-order chi connectivity index (χ1) is 6.78. The average Bonchev–Trinajstić information content (AvgIpc) is 2.29. The molecule has 0 nitrogen and oxygen atoms in total. The minimum absolute atomic E-state index is 0.896. The van der Waals surface area contributed by atoms with Crippen molar-refractivity contribution < 1.29 is 0 Å². The van der Waals surface area contributed by atoms with Crippen molar-refractivity contribution in [1.29, 1.82) is 0 Å². The minimum Gasteiger partial charge on any atom is -0.102 e. The molecule has 0 aliphatic carbocycles. The van der Waals surface area contributed by atoms with Gasteiger partial charge in [-0.1, -0.05) is 71.6 Å². The average molecular weight is 251 g/mol. The molecular formula is C13H15Br. The van der Waals surface area contributed by atoms with Crippen molar-refractivity contribution >= 4 is 28.1 Å². The molecule has 0 aromatic heterocycles. The van der Waals surface area contributed by atoms with E-state index in [9.17, 15) is 0 Å². The Morgan fingerprint density at radius 2 is 1.21 bits per heavy atom. The van der Waals surface area contributed by atoms with Crippen molar-refractivity contribution in [3.8, 4) is 0 Å². The van der Waals surface area contributed by atoms with Crippen molar-refractivity contribution in [2.24, 2.45) is 0 Å². The summed E-state index contributed by atoms with van der Waals surface area (Å²) in [7, 11) is 0. The van der Waals surface area contributed by atoms with Gasteiger partial charge in [0.25, 0.3) is 0 Å². The van der Waals surface area contributed by atoms with Crippen molar-refractivity contribution in [3.05, 3.63) is 61.2 Å². The van der Waals surface area contributed by atoms with Gasteiger partial charge in [-0.05, 0) is 11.1 Å². The zero-order valence-electron chi connectivity index (χ0n) is 8.25. The van der Waals surface area contributed by atoms with E-state index in [0.29, 0.717) is 0 Å². The van der Waals surface area contributed by atoms with Gasteiger partial charge in [0.05, 0.1) is 0 Å². The summed E-state index contributed by atoms with van der Waals surface area (Å²) < 4.78 is 0. The Hall–Kier alpha value is -1.08. The molecule has 0 atom stereocenters. The molecule has 1 aromatic rings. The van der Waals surface area contributed by atoms with Gasteiger partial charge in [0.1, 0.15) is 0 Å². The van der Waals surface area contributed by atoms with Gasteiger partial charge in [0, 0.05) is 5.33 Å². The summed E-state index contributed by atoms with van der Waals surface area (Å²) in [6.07, 6.45) is 5.44. The third-order valence-electron chi connectivity index (χ3n) is 1.52. The number of alkyl halides is 1. The Kier molecular flexibility index (Phi) is 7.86. The SMILES string of the molecule is C=CCBr.C=Cc1ccc(C=C)cc1. The molecule has 74 valence electrons. The predicted molar refractivity (Wildman–Crippen MR) is 70.6 cm³/mol. The molecule has 0 saturated carbocycles. The van der Waals surface area contributed by atoms with E-state index in [0.717, 1.165) is 16.5 Å². The van der Waals surface area contributed by atoms with Gasteiger partial charge < -0.3 is 0 Å². The van der Waals surface area contributed by atoms with Crippen LogP contribution < -0.4 is 0 Å². The van der Waals surface area contributed by atoms with E-state index in [1.807, 2.05) is 36.4 Å². The maximum atomic E-state index is 3.66. The molecule has 0 unspecified atom stereocenters.